The lowest BCUT2D eigenvalue weighted by Crippen LogP contribution is -2.47. The van der Waals surface area contributed by atoms with E-state index in [0.717, 1.165) is 0 Å². The van der Waals surface area contributed by atoms with Crippen molar-refractivity contribution in [3.63, 3.8) is 0 Å². The number of pyridine rings is 1. The van der Waals surface area contributed by atoms with Crippen molar-refractivity contribution in [1.82, 2.24) is 10.3 Å². The maximum absolute atomic E-state index is 12.3. The molecule has 1 heterocycles. The highest BCUT2D eigenvalue weighted by Crippen LogP contribution is 2.17. The number of para-hydroxylation sites is 1. The molecule has 2 amide bonds. The molecule has 0 aliphatic rings. The molecule has 1 unspecified atom stereocenters. The fourth-order valence-electron chi connectivity index (χ4n) is 2.27. The van der Waals surface area contributed by atoms with E-state index in [-0.39, 0.29) is 17.7 Å². The van der Waals surface area contributed by atoms with E-state index in [0.29, 0.717) is 11.4 Å². The van der Waals surface area contributed by atoms with Gasteiger partial charge in [0.25, 0.3) is 11.8 Å². The Morgan fingerprint density at radius 2 is 1.76 bits per heavy atom. The number of ether oxygens (including phenoxy) is 2. The van der Waals surface area contributed by atoms with Gasteiger partial charge in [-0.25, -0.2) is 9.78 Å². The molecule has 2 rings (SSSR count). The molecule has 0 fully saturated rings. The zero-order valence-electron chi connectivity index (χ0n) is 16.1. The third-order valence-corrected chi connectivity index (χ3v) is 4.03. The first-order chi connectivity index (χ1) is 13.9. The predicted octanol–water partition coefficient (Wildman–Crippen LogP) is 2.44. The van der Waals surface area contributed by atoms with Crippen LogP contribution in [0.2, 0.25) is 5.15 Å². The maximum atomic E-state index is 12.3. The highest BCUT2D eigenvalue weighted by molar-refractivity contribution is 6.32. The molecule has 9 heteroatoms. The third-order valence-electron chi connectivity index (χ3n) is 3.73. The predicted molar refractivity (Wildman–Crippen MR) is 108 cm³/mol. The van der Waals surface area contributed by atoms with Crippen molar-refractivity contribution in [2.45, 2.75) is 19.9 Å². The van der Waals surface area contributed by atoms with E-state index in [1.54, 1.807) is 50.2 Å². The van der Waals surface area contributed by atoms with Crippen LogP contribution >= 0.6 is 11.6 Å². The number of benzene rings is 1. The minimum Gasteiger partial charge on any atom is -0.484 e. The molecule has 29 heavy (non-hydrogen) atoms. The van der Waals surface area contributed by atoms with E-state index in [1.165, 1.54) is 6.20 Å². The van der Waals surface area contributed by atoms with E-state index in [9.17, 15) is 14.4 Å². The zero-order valence-corrected chi connectivity index (χ0v) is 16.8. The Bertz CT molecular complexity index is 845. The lowest BCUT2D eigenvalue weighted by atomic mass is 10.0. The van der Waals surface area contributed by atoms with Crippen LogP contribution in [-0.4, -0.2) is 42.0 Å². The van der Waals surface area contributed by atoms with Crippen LogP contribution in [0, 0.1) is 5.92 Å². The van der Waals surface area contributed by atoms with Crippen molar-refractivity contribution in [1.29, 1.82) is 0 Å². The summed E-state index contributed by atoms with van der Waals surface area (Å²) < 4.78 is 10.4. The van der Waals surface area contributed by atoms with Crippen LogP contribution in [0.1, 0.15) is 13.8 Å². The van der Waals surface area contributed by atoms with Gasteiger partial charge in [0.2, 0.25) is 0 Å². The lowest BCUT2D eigenvalue weighted by molar-refractivity contribution is -0.152. The second-order valence-electron chi connectivity index (χ2n) is 6.39. The number of carbonyl (C=O) groups is 3. The smallest absolute Gasteiger partial charge is 0.329 e. The van der Waals surface area contributed by atoms with Crippen LogP contribution in [0.25, 0.3) is 0 Å². The van der Waals surface area contributed by atoms with Crippen LogP contribution in [0.15, 0.2) is 48.7 Å². The average Bonchev–Trinajstić information content (AvgIpc) is 2.71. The SMILES string of the molecule is CC(C)C(NC(=O)COc1ccccc1)C(=O)OCC(=O)Nc1cccnc1Cl. The van der Waals surface area contributed by atoms with Crippen LogP contribution in [0.4, 0.5) is 5.69 Å². The van der Waals surface area contributed by atoms with Crippen molar-refractivity contribution < 1.29 is 23.9 Å². The Labute approximate surface area is 173 Å². The summed E-state index contributed by atoms with van der Waals surface area (Å²) in [5.41, 5.74) is 0.307. The van der Waals surface area contributed by atoms with Crippen molar-refractivity contribution >= 4 is 35.1 Å². The highest BCUT2D eigenvalue weighted by atomic mass is 35.5. The summed E-state index contributed by atoms with van der Waals surface area (Å²) in [4.78, 5) is 40.2. The first-order valence-corrected chi connectivity index (χ1v) is 9.29. The van der Waals surface area contributed by atoms with Gasteiger partial charge in [0, 0.05) is 6.20 Å². The van der Waals surface area contributed by atoms with Gasteiger partial charge in [-0.1, -0.05) is 43.6 Å². The number of amides is 2. The molecular formula is C20H22ClN3O5. The van der Waals surface area contributed by atoms with E-state index < -0.39 is 30.4 Å². The van der Waals surface area contributed by atoms with E-state index in [1.807, 2.05) is 6.07 Å². The average molecular weight is 420 g/mol. The largest absolute Gasteiger partial charge is 0.484 e. The summed E-state index contributed by atoms with van der Waals surface area (Å²) >= 11 is 5.86. The monoisotopic (exact) mass is 419 g/mol. The maximum Gasteiger partial charge on any atom is 0.329 e. The number of rotatable bonds is 9. The summed E-state index contributed by atoms with van der Waals surface area (Å²) in [6, 6.07) is 11.1. The number of anilines is 1. The Balaban J connectivity index is 1.82. The van der Waals surface area contributed by atoms with Crippen LogP contribution in [0.3, 0.4) is 0 Å². The second kappa shape index (κ2) is 11.0. The number of carbonyl (C=O) groups excluding carboxylic acids is 3. The molecule has 0 spiro atoms. The van der Waals surface area contributed by atoms with E-state index in [4.69, 9.17) is 21.1 Å². The van der Waals surface area contributed by atoms with Gasteiger partial charge in [-0.3, -0.25) is 9.59 Å². The minimum atomic E-state index is -0.920. The molecule has 0 aliphatic carbocycles. The third kappa shape index (κ3) is 7.42. The number of halogens is 1. The van der Waals surface area contributed by atoms with Crippen molar-refractivity contribution in [2.75, 3.05) is 18.5 Å². The van der Waals surface area contributed by atoms with Crippen LogP contribution in [-0.2, 0) is 19.1 Å². The van der Waals surface area contributed by atoms with Gasteiger partial charge in [0.05, 0.1) is 5.69 Å². The van der Waals surface area contributed by atoms with Crippen molar-refractivity contribution in [2.24, 2.45) is 5.92 Å². The van der Waals surface area contributed by atoms with Crippen molar-refractivity contribution in [3.05, 3.63) is 53.8 Å². The minimum absolute atomic E-state index is 0.123. The Morgan fingerprint density at radius 1 is 1.03 bits per heavy atom. The second-order valence-corrected chi connectivity index (χ2v) is 6.75. The number of esters is 1. The van der Waals surface area contributed by atoms with E-state index in [2.05, 4.69) is 15.6 Å². The molecule has 154 valence electrons. The Hall–Kier alpha value is -3.13. The Morgan fingerprint density at radius 3 is 2.41 bits per heavy atom. The molecule has 0 saturated heterocycles. The zero-order chi connectivity index (χ0) is 21.2. The molecule has 2 aromatic rings. The summed E-state index contributed by atoms with van der Waals surface area (Å²) in [7, 11) is 0. The summed E-state index contributed by atoms with van der Waals surface area (Å²) in [5, 5.41) is 5.19. The van der Waals surface area contributed by atoms with Gasteiger partial charge in [-0.15, -0.1) is 0 Å². The molecule has 1 aromatic carbocycles. The van der Waals surface area contributed by atoms with Crippen molar-refractivity contribution in [3.8, 4) is 5.75 Å². The first kappa shape index (κ1) is 22.2. The molecule has 8 nitrogen and oxygen atoms in total. The fourth-order valence-corrected chi connectivity index (χ4v) is 2.44. The topological polar surface area (TPSA) is 107 Å². The quantitative estimate of drug-likeness (QED) is 0.477. The normalized spacial score (nSPS) is 11.4. The van der Waals surface area contributed by atoms with Gasteiger partial charge in [0.1, 0.15) is 11.8 Å². The van der Waals surface area contributed by atoms with Gasteiger partial charge in [-0.05, 0) is 30.2 Å². The summed E-state index contributed by atoms with van der Waals surface area (Å²) in [5.74, 6) is -1.48. The number of nitrogens with one attached hydrogen (secondary N) is 2. The van der Waals surface area contributed by atoms with Crippen LogP contribution < -0.4 is 15.4 Å². The molecular weight excluding hydrogens is 398 g/mol. The van der Waals surface area contributed by atoms with Gasteiger partial charge >= 0.3 is 5.97 Å². The van der Waals surface area contributed by atoms with Gasteiger partial charge in [0.15, 0.2) is 18.4 Å². The van der Waals surface area contributed by atoms with E-state index >= 15 is 0 Å². The lowest BCUT2D eigenvalue weighted by Gasteiger charge is -2.20. The van der Waals surface area contributed by atoms with Gasteiger partial charge < -0.3 is 20.1 Å². The number of hydrogen-bond donors (Lipinski definition) is 2. The molecule has 0 bridgehead atoms. The number of nitrogens with zero attached hydrogens (tertiary/aromatic N) is 1. The van der Waals surface area contributed by atoms with Crippen LogP contribution in [0.5, 0.6) is 5.75 Å². The molecule has 0 saturated carbocycles. The molecule has 0 radical (unpaired) electrons. The number of hydrogen-bond acceptors (Lipinski definition) is 6. The summed E-state index contributed by atoms with van der Waals surface area (Å²) in [6.07, 6.45) is 1.48. The highest BCUT2D eigenvalue weighted by Gasteiger charge is 2.26. The Kier molecular flexibility index (Phi) is 8.42. The number of aromatic nitrogens is 1. The first-order valence-electron chi connectivity index (χ1n) is 8.91. The molecule has 1 aromatic heterocycles. The standard InChI is InChI=1S/C20H22ClN3O5/c1-13(2)18(24-17(26)11-28-14-7-4-3-5-8-14)20(27)29-12-16(25)23-15-9-6-10-22-19(15)21/h3-10,13,18H,11-12H2,1-2H3,(H,23,25)(H,24,26). The summed E-state index contributed by atoms with van der Waals surface area (Å²) in [6.45, 7) is 2.73. The molecule has 2 N–H and O–H groups in total. The molecule has 1 atom stereocenters. The fraction of sp³-hybridized carbons (Fsp3) is 0.300. The van der Waals surface area contributed by atoms with Gasteiger partial charge in [-0.2, -0.15) is 0 Å². The molecule has 0 aliphatic heterocycles.